The molecule has 0 saturated heterocycles. The van der Waals surface area contributed by atoms with Crippen LogP contribution in [-0.2, 0) is 9.16 Å². The van der Waals surface area contributed by atoms with E-state index in [0.717, 1.165) is 19.4 Å². The fourth-order valence-electron chi connectivity index (χ4n) is 0.405. The average Bonchev–Trinajstić information content (AvgIpc) is 1.87. The summed E-state index contributed by atoms with van der Waals surface area (Å²) >= 11 is 10.8. The lowest BCUT2D eigenvalue weighted by Crippen LogP contribution is -2.07. The summed E-state index contributed by atoms with van der Waals surface area (Å²) in [5, 5.41) is 0. The first kappa shape index (κ1) is 10.7. The Kier molecular flexibility index (Phi) is 8.38. The Morgan fingerprint density at radius 1 is 1.40 bits per heavy atom. The van der Waals surface area contributed by atoms with Gasteiger partial charge in [-0.25, -0.2) is 0 Å². The summed E-state index contributed by atoms with van der Waals surface area (Å²) in [6, 6.07) is 0. The van der Waals surface area contributed by atoms with E-state index in [4.69, 9.17) is 31.3 Å². The number of rotatable bonds is 6. The van der Waals surface area contributed by atoms with E-state index >= 15 is 0 Å². The van der Waals surface area contributed by atoms with Gasteiger partial charge in [0, 0.05) is 6.61 Å². The van der Waals surface area contributed by atoms with Gasteiger partial charge in [0.2, 0.25) is 0 Å². The Morgan fingerprint density at radius 3 is 2.60 bits per heavy atom. The molecule has 5 heteroatoms. The number of hydrogen-bond donors (Lipinski definition) is 0. The third kappa shape index (κ3) is 8.72. The molecule has 0 rings (SSSR count). The molecular formula is C5H12Cl2O2Si. The lowest BCUT2D eigenvalue weighted by atomic mass is 10.4. The molecule has 2 nitrogen and oxygen atoms in total. The molecule has 0 aliphatic heterocycles. The van der Waals surface area contributed by atoms with Gasteiger partial charge >= 0.3 is 7.66 Å². The van der Waals surface area contributed by atoms with Crippen LogP contribution in [0.1, 0.15) is 19.8 Å². The van der Waals surface area contributed by atoms with E-state index in [1.165, 1.54) is 0 Å². The standard InChI is InChI=1S/C5H12Cl2O2Si/c1-2-3-4-8-5-9-10(6)7/h10H,2-5H2,1H3. The normalized spacial score (nSPS) is 10.8. The SMILES string of the molecule is CCCCOCO[SiH](Cl)Cl. The lowest BCUT2D eigenvalue weighted by Gasteiger charge is -2.03. The van der Waals surface area contributed by atoms with Gasteiger partial charge in [0.05, 0.1) is 0 Å². The minimum absolute atomic E-state index is 0.240. The maximum absolute atomic E-state index is 5.39. The second-order valence-electron chi connectivity index (χ2n) is 1.81. The Hall–Kier alpha value is 0.717. The van der Waals surface area contributed by atoms with Crippen LogP contribution in [0, 0.1) is 0 Å². The molecular weight excluding hydrogens is 191 g/mol. The Labute approximate surface area is 72.5 Å². The van der Waals surface area contributed by atoms with Crippen LogP contribution in [0.25, 0.3) is 0 Å². The fourth-order valence-corrected chi connectivity index (χ4v) is 0.913. The van der Waals surface area contributed by atoms with Crippen LogP contribution in [0.5, 0.6) is 0 Å². The van der Waals surface area contributed by atoms with E-state index in [1.807, 2.05) is 0 Å². The third-order valence-corrected chi connectivity index (χ3v) is 2.06. The van der Waals surface area contributed by atoms with Crippen LogP contribution < -0.4 is 0 Å². The quantitative estimate of drug-likeness (QED) is 0.284. The van der Waals surface area contributed by atoms with Gasteiger partial charge in [-0.1, -0.05) is 13.3 Å². The molecule has 0 aliphatic carbocycles. The van der Waals surface area contributed by atoms with Crippen molar-refractivity contribution in [3.05, 3.63) is 0 Å². The molecule has 0 amide bonds. The van der Waals surface area contributed by atoms with Gasteiger partial charge in [0.1, 0.15) is 6.79 Å². The zero-order valence-corrected chi connectivity index (χ0v) is 8.64. The fraction of sp³-hybridized carbons (Fsp3) is 1.00. The van der Waals surface area contributed by atoms with Crippen LogP contribution >= 0.6 is 22.2 Å². The summed E-state index contributed by atoms with van der Waals surface area (Å²) in [7, 11) is -1.90. The summed E-state index contributed by atoms with van der Waals surface area (Å²) in [5.41, 5.74) is 0. The van der Waals surface area contributed by atoms with Gasteiger partial charge in [-0.2, -0.15) is 0 Å². The zero-order chi connectivity index (χ0) is 7.82. The minimum Gasteiger partial charge on any atom is -0.370 e. The first-order valence-corrected chi connectivity index (χ1v) is 7.21. The largest absolute Gasteiger partial charge is 0.374 e. The highest BCUT2D eigenvalue weighted by atomic mass is 35.7. The van der Waals surface area contributed by atoms with E-state index in [2.05, 4.69) is 6.92 Å². The number of hydrogen-bond acceptors (Lipinski definition) is 2. The smallest absolute Gasteiger partial charge is 0.370 e. The Bertz CT molecular complexity index is 72.7. The van der Waals surface area contributed by atoms with E-state index in [-0.39, 0.29) is 6.79 Å². The molecule has 0 radical (unpaired) electrons. The highest BCUT2D eigenvalue weighted by molar-refractivity contribution is 7.30. The zero-order valence-electron chi connectivity index (χ0n) is 5.98. The Morgan fingerprint density at radius 2 is 2.10 bits per heavy atom. The first-order chi connectivity index (χ1) is 4.77. The van der Waals surface area contributed by atoms with Crippen LogP contribution in [0.15, 0.2) is 0 Å². The van der Waals surface area contributed by atoms with E-state index < -0.39 is 7.66 Å². The molecule has 0 unspecified atom stereocenters. The molecule has 0 aromatic rings. The third-order valence-electron chi connectivity index (χ3n) is 0.920. The summed E-state index contributed by atoms with van der Waals surface area (Å²) in [5.74, 6) is 0. The van der Waals surface area contributed by atoms with Crippen molar-refractivity contribution < 1.29 is 9.16 Å². The Balaban J connectivity index is 2.77. The second kappa shape index (κ2) is 7.82. The molecule has 0 fully saturated rings. The van der Waals surface area contributed by atoms with Crippen LogP contribution in [-0.4, -0.2) is 21.1 Å². The maximum atomic E-state index is 5.39. The van der Waals surface area contributed by atoms with Gasteiger partial charge in [-0.15, -0.1) is 22.2 Å². The molecule has 0 aliphatic rings. The van der Waals surface area contributed by atoms with Crippen molar-refractivity contribution in [2.45, 2.75) is 19.8 Å². The van der Waals surface area contributed by atoms with Gasteiger partial charge in [-0.3, -0.25) is 0 Å². The number of unbranched alkanes of at least 4 members (excludes halogenated alkanes) is 1. The number of halogens is 2. The van der Waals surface area contributed by atoms with E-state index in [0.29, 0.717) is 0 Å². The van der Waals surface area contributed by atoms with Gasteiger partial charge in [0.25, 0.3) is 0 Å². The highest BCUT2D eigenvalue weighted by Crippen LogP contribution is 1.97. The van der Waals surface area contributed by atoms with Crippen molar-refractivity contribution in [3.8, 4) is 0 Å². The van der Waals surface area contributed by atoms with Crippen molar-refractivity contribution in [2.75, 3.05) is 13.4 Å². The number of ether oxygens (including phenoxy) is 1. The second-order valence-corrected chi connectivity index (χ2v) is 5.71. The van der Waals surface area contributed by atoms with Crippen molar-refractivity contribution >= 4 is 29.8 Å². The van der Waals surface area contributed by atoms with Crippen molar-refractivity contribution in [1.29, 1.82) is 0 Å². The topological polar surface area (TPSA) is 18.5 Å². The minimum atomic E-state index is -1.90. The molecule has 0 spiro atoms. The summed E-state index contributed by atoms with van der Waals surface area (Å²) in [6.07, 6.45) is 2.18. The molecule has 0 N–H and O–H groups in total. The molecule has 10 heavy (non-hydrogen) atoms. The van der Waals surface area contributed by atoms with Crippen molar-refractivity contribution in [1.82, 2.24) is 0 Å². The molecule has 0 atom stereocenters. The molecule has 0 saturated carbocycles. The summed E-state index contributed by atoms with van der Waals surface area (Å²) in [6.45, 7) is 3.07. The van der Waals surface area contributed by atoms with Crippen molar-refractivity contribution in [2.24, 2.45) is 0 Å². The molecule has 0 bridgehead atoms. The van der Waals surface area contributed by atoms with Crippen molar-refractivity contribution in [3.63, 3.8) is 0 Å². The van der Waals surface area contributed by atoms with Crippen LogP contribution in [0.2, 0.25) is 0 Å². The average molecular weight is 203 g/mol. The molecule has 0 heterocycles. The van der Waals surface area contributed by atoms with E-state index in [9.17, 15) is 0 Å². The summed E-state index contributed by atoms with van der Waals surface area (Å²) < 4.78 is 9.86. The highest BCUT2D eigenvalue weighted by Gasteiger charge is 1.99. The first-order valence-electron chi connectivity index (χ1n) is 3.25. The summed E-state index contributed by atoms with van der Waals surface area (Å²) in [4.78, 5) is 0. The maximum Gasteiger partial charge on any atom is 0.374 e. The van der Waals surface area contributed by atoms with Gasteiger partial charge < -0.3 is 9.16 Å². The molecule has 0 aromatic carbocycles. The van der Waals surface area contributed by atoms with Gasteiger partial charge in [-0.05, 0) is 6.42 Å². The lowest BCUT2D eigenvalue weighted by molar-refractivity contribution is 0.0166. The van der Waals surface area contributed by atoms with Crippen LogP contribution in [0.4, 0.5) is 0 Å². The predicted octanol–water partition coefficient (Wildman–Crippen LogP) is 1.97. The van der Waals surface area contributed by atoms with E-state index in [1.54, 1.807) is 0 Å². The predicted molar refractivity (Wildman–Crippen MR) is 45.7 cm³/mol. The molecule has 0 aromatic heterocycles. The molecule has 62 valence electrons. The van der Waals surface area contributed by atoms with Crippen LogP contribution in [0.3, 0.4) is 0 Å². The van der Waals surface area contributed by atoms with Gasteiger partial charge in [0.15, 0.2) is 0 Å². The monoisotopic (exact) mass is 202 g/mol.